The van der Waals surface area contributed by atoms with Crippen molar-refractivity contribution in [2.24, 2.45) is 0 Å². The summed E-state index contributed by atoms with van der Waals surface area (Å²) in [6, 6.07) is 15.7. The maximum Gasteiger partial charge on any atom is 0.146 e. The van der Waals surface area contributed by atoms with E-state index in [2.05, 4.69) is 27.3 Å². The smallest absolute Gasteiger partial charge is 0.146 e. The van der Waals surface area contributed by atoms with Crippen molar-refractivity contribution >= 4 is 16.7 Å². The van der Waals surface area contributed by atoms with Crippen LogP contribution in [0, 0.1) is 0 Å². The lowest BCUT2D eigenvalue weighted by Crippen LogP contribution is -2.01. The van der Waals surface area contributed by atoms with Crippen LogP contribution >= 0.6 is 0 Å². The number of nitrogen functional groups attached to an aromatic ring is 1. The highest BCUT2D eigenvalue weighted by Crippen LogP contribution is 2.29. The number of benzene rings is 1. The minimum atomic E-state index is 0.403. The Morgan fingerprint density at radius 1 is 1.00 bits per heavy atom. The largest absolute Gasteiger partial charge is 0.382 e. The second-order valence-corrected chi connectivity index (χ2v) is 5.45. The molecule has 4 rings (SSSR count). The molecular formula is C18H16N6. The molecule has 0 fully saturated rings. The maximum atomic E-state index is 5.63. The van der Waals surface area contributed by atoms with Crippen LogP contribution in [0.5, 0.6) is 0 Å². The third kappa shape index (κ3) is 2.38. The molecule has 1 aromatic carbocycles. The molecule has 0 aliphatic heterocycles. The van der Waals surface area contributed by atoms with Gasteiger partial charge in [-0.1, -0.05) is 24.3 Å². The van der Waals surface area contributed by atoms with Gasteiger partial charge in [-0.2, -0.15) is 5.10 Å². The van der Waals surface area contributed by atoms with Crippen molar-refractivity contribution in [3.05, 3.63) is 54.7 Å². The van der Waals surface area contributed by atoms with Crippen molar-refractivity contribution in [2.75, 3.05) is 5.73 Å². The van der Waals surface area contributed by atoms with Crippen LogP contribution in [-0.4, -0.2) is 25.0 Å². The summed E-state index contributed by atoms with van der Waals surface area (Å²) in [5.41, 5.74) is 10.1. The standard InChI is InChI=1S/C18H16N6/c1-2-24-16(14-8-9-17(19)22-21-14)11-15(23-24)13-7-3-5-12-6-4-10-20-18(12)13/h3-11H,2H2,1H3,(H2,19,22). The second-order valence-electron chi connectivity index (χ2n) is 5.45. The van der Waals surface area contributed by atoms with Gasteiger partial charge in [-0.15, -0.1) is 10.2 Å². The molecule has 0 bridgehead atoms. The highest BCUT2D eigenvalue weighted by Gasteiger charge is 2.14. The summed E-state index contributed by atoms with van der Waals surface area (Å²) in [6.07, 6.45) is 1.80. The fourth-order valence-corrected chi connectivity index (χ4v) is 2.79. The number of pyridine rings is 1. The van der Waals surface area contributed by atoms with E-state index in [1.807, 2.05) is 41.9 Å². The fraction of sp³-hybridized carbons (Fsp3) is 0.111. The van der Waals surface area contributed by atoms with Crippen LogP contribution in [0.4, 0.5) is 5.82 Å². The zero-order valence-electron chi connectivity index (χ0n) is 13.2. The molecular weight excluding hydrogens is 300 g/mol. The van der Waals surface area contributed by atoms with Crippen LogP contribution < -0.4 is 5.73 Å². The molecule has 0 radical (unpaired) electrons. The molecule has 0 saturated carbocycles. The maximum absolute atomic E-state index is 5.63. The average Bonchev–Trinajstić information content (AvgIpc) is 3.06. The summed E-state index contributed by atoms with van der Waals surface area (Å²) in [7, 11) is 0. The molecule has 0 amide bonds. The highest BCUT2D eigenvalue weighted by atomic mass is 15.3. The molecule has 0 aliphatic rings. The van der Waals surface area contributed by atoms with E-state index in [4.69, 9.17) is 10.8 Å². The number of anilines is 1. The van der Waals surface area contributed by atoms with Gasteiger partial charge >= 0.3 is 0 Å². The van der Waals surface area contributed by atoms with Gasteiger partial charge in [0.2, 0.25) is 0 Å². The third-order valence-electron chi connectivity index (χ3n) is 3.94. The van der Waals surface area contributed by atoms with E-state index in [0.717, 1.165) is 40.1 Å². The van der Waals surface area contributed by atoms with Crippen LogP contribution in [-0.2, 0) is 6.54 Å². The Kier molecular flexibility index (Phi) is 3.42. The first-order valence-corrected chi connectivity index (χ1v) is 7.78. The van der Waals surface area contributed by atoms with Crippen molar-refractivity contribution in [3.8, 4) is 22.6 Å². The van der Waals surface area contributed by atoms with Crippen molar-refractivity contribution in [2.45, 2.75) is 13.5 Å². The SMILES string of the molecule is CCn1nc(-c2cccc3cccnc23)cc1-c1ccc(N)nn1. The molecule has 4 aromatic rings. The monoisotopic (exact) mass is 316 g/mol. The normalized spacial score (nSPS) is 11.0. The molecule has 0 spiro atoms. The Balaban J connectivity index is 1.89. The number of fused-ring (bicyclic) bond motifs is 1. The number of hydrogen-bond acceptors (Lipinski definition) is 5. The lowest BCUT2D eigenvalue weighted by atomic mass is 10.1. The molecule has 0 atom stereocenters. The van der Waals surface area contributed by atoms with Crippen molar-refractivity contribution < 1.29 is 0 Å². The van der Waals surface area contributed by atoms with Crippen molar-refractivity contribution in [3.63, 3.8) is 0 Å². The minimum Gasteiger partial charge on any atom is -0.382 e. The van der Waals surface area contributed by atoms with Gasteiger partial charge in [-0.3, -0.25) is 9.67 Å². The van der Waals surface area contributed by atoms with E-state index in [0.29, 0.717) is 5.82 Å². The minimum absolute atomic E-state index is 0.403. The predicted octanol–water partition coefficient (Wildman–Crippen LogP) is 3.16. The average molecular weight is 316 g/mol. The van der Waals surface area contributed by atoms with Gasteiger partial charge in [0.05, 0.1) is 16.9 Å². The van der Waals surface area contributed by atoms with E-state index < -0.39 is 0 Å². The summed E-state index contributed by atoms with van der Waals surface area (Å²) in [5.74, 6) is 0.403. The number of para-hydroxylation sites is 1. The van der Waals surface area contributed by atoms with Crippen LogP contribution in [0.15, 0.2) is 54.7 Å². The van der Waals surface area contributed by atoms with Gasteiger partial charge in [-0.25, -0.2) is 0 Å². The predicted molar refractivity (Wildman–Crippen MR) is 94.1 cm³/mol. The number of aryl methyl sites for hydroxylation is 1. The molecule has 3 heterocycles. The Hall–Kier alpha value is -3.28. The number of nitrogens with two attached hydrogens (primary N) is 1. The van der Waals surface area contributed by atoms with E-state index in [1.165, 1.54) is 0 Å². The van der Waals surface area contributed by atoms with Crippen LogP contribution in [0.2, 0.25) is 0 Å². The zero-order valence-corrected chi connectivity index (χ0v) is 13.2. The lowest BCUT2D eigenvalue weighted by Gasteiger charge is -2.03. The molecule has 2 N–H and O–H groups in total. The number of hydrogen-bond donors (Lipinski definition) is 1. The van der Waals surface area contributed by atoms with E-state index in [9.17, 15) is 0 Å². The van der Waals surface area contributed by atoms with E-state index in [1.54, 1.807) is 12.3 Å². The summed E-state index contributed by atoms with van der Waals surface area (Å²) in [5, 5.41) is 13.9. The first-order valence-electron chi connectivity index (χ1n) is 7.78. The fourth-order valence-electron chi connectivity index (χ4n) is 2.79. The van der Waals surface area contributed by atoms with Gasteiger partial charge in [0.1, 0.15) is 11.5 Å². The molecule has 24 heavy (non-hydrogen) atoms. The molecule has 0 aliphatic carbocycles. The van der Waals surface area contributed by atoms with Crippen molar-refractivity contribution in [1.29, 1.82) is 0 Å². The molecule has 118 valence electrons. The summed E-state index contributed by atoms with van der Waals surface area (Å²) < 4.78 is 1.91. The second kappa shape index (κ2) is 5.73. The number of rotatable bonds is 3. The first kappa shape index (κ1) is 14.3. The van der Waals surface area contributed by atoms with Gasteiger partial charge in [0, 0.05) is 23.7 Å². The van der Waals surface area contributed by atoms with Gasteiger partial charge in [-0.05, 0) is 31.2 Å². The Labute approximate surface area is 139 Å². The van der Waals surface area contributed by atoms with E-state index >= 15 is 0 Å². The first-order chi connectivity index (χ1) is 11.8. The lowest BCUT2D eigenvalue weighted by molar-refractivity contribution is 0.667. The Bertz CT molecular complexity index is 998. The number of nitrogens with zero attached hydrogens (tertiary/aromatic N) is 5. The van der Waals surface area contributed by atoms with Crippen LogP contribution in [0.1, 0.15) is 6.92 Å². The highest BCUT2D eigenvalue weighted by molar-refractivity contribution is 5.93. The topological polar surface area (TPSA) is 82.5 Å². The number of aromatic nitrogens is 5. The quantitative estimate of drug-likeness (QED) is 0.628. The van der Waals surface area contributed by atoms with E-state index in [-0.39, 0.29) is 0 Å². The Morgan fingerprint density at radius 3 is 2.67 bits per heavy atom. The summed E-state index contributed by atoms with van der Waals surface area (Å²) in [6.45, 7) is 2.78. The molecule has 6 nitrogen and oxygen atoms in total. The molecule has 6 heteroatoms. The van der Waals surface area contributed by atoms with Crippen LogP contribution in [0.25, 0.3) is 33.5 Å². The molecule has 0 unspecified atom stereocenters. The van der Waals surface area contributed by atoms with Gasteiger partial charge in [0.25, 0.3) is 0 Å². The van der Waals surface area contributed by atoms with Crippen LogP contribution in [0.3, 0.4) is 0 Å². The van der Waals surface area contributed by atoms with Crippen molar-refractivity contribution in [1.82, 2.24) is 25.0 Å². The summed E-state index contributed by atoms with van der Waals surface area (Å²) in [4.78, 5) is 4.51. The molecule has 3 aromatic heterocycles. The molecule has 0 saturated heterocycles. The Morgan fingerprint density at radius 2 is 1.88 bits per heavy atom. The zero-order chi connectivity index (χ0) is 16.5. The van der Waals surface area contributed by atoms with Gasteiger partial charge in [0.15, 0.2) is 0 Å². The summed E-state index contributed by atoms with van der Waals surface area (Å²) >= 11 is 0. The third-order valence-corrected chi connectivity index (χ3v) is 3.94. The van der Waals surface area contributed by atoms with Gasteiger partial charge < -0.3 is 5.73 Å².